The van der Waals surface area contributed by atoms with Crippen LogP contribution in [0.15, 0.2) is 30.5 Å². The minimum atomic E-state index is 0.626. The van der Waals surface area contributed by atoms with Crippen molar-refractivity contribution in [2.75, 3.05) is 31.6 Å². The van der Waals surface area contributed by atoms with Gasteiger partial charge in [-0.1, -0.05) is 6.92 Å². The maximum absolute atomic E-state index is 5.82. The second kappa shape index (κ2) is 6.53. The second-order valence-electron chi connectivity index (χ2n) is 6.25. The highest BCUT2D eigenvalue weighted by Crippen LogP contribution is 2.32. The number of aromatic nitrogens is 1. The van der Waals surface area contributed by atoms with Crippen LogP contribution in [0.4, 0.5) is 5.69 Å². The first-order chi connectivity index (χ1) is 10.7. The number of rotatable bonds is 4. The Bertz CT molecular complexity index is 635. The van der Waals surface area contributed by atoms with Crippen LogP contribution >= 0.6 is 0 Å². The lowest BCUT2D eigenvalue weighted by Crippen LogP contribution is -2.37. The molecular formula is C18H25N3O. The number of fused-ring (bicyclic) bond motifs is 1. The van der Waals surface area contributed by atoms with Gasteiger partial charge in [0.05, 0.1) is 12.6 Å². The lowest BCUT2D eigenvalue weighted by atomic mass is 9.85. The van der Waals surface area contributed by atoms with Gasteiger partial charge in [0, 0.05) is 36.4 Å². The largest absolute Gasteiger partial charge is 0.497 e. The molecule has 0 saturated carbocycles. The van der Waals surface area contributed by atoms with Gasteiger partial charge < -0.3 is 15.4 Å². The Hall–Kier alpha value is -1.81. The molecule has 3 rings (SSSR count). The third-order valence-electron chi connectivity index (χ3n) is 4.98. The number of nitrogens with two attached hydrogens (primary N) is 1. The Labute approximate surface area is 132 Å². The quantitative estimate of drug-likeness (QED) is 0.942. The van der Waals surface area contributed by atoms with Crippen LogP contribution in [0.3, 0.4) is 0 Å². The first-order valence-corrected chi connectivity index (χ1v) is 8.10. The highest BCUT2D eigenvalue weighted by Gasteiger charge is 2.24. The predicted octanol–water partition coefficient (Wildman–Crippen LogP) is 3.05. The zero-order valence-electron chi connectivity index (χ0n) is 13.5. The van der Waals surface area contributed by atoms with Crippen molar-refractivity contribution >= 4 is 16.6 Å². The highest BCUT2D eigenvalue weighted by molar-refractivity contribution is 5.92. The van der Waals surface area contributed by atoms with Crippen LogP contribution in [0.2, 0.25) is 0 Å². The van der Waals surface area contributed by atoms with Crippen molar-refractivity contribution in [3.63, 3.8) is 0 Å². The van der Waals surface area contributed by atoms with E-state index in [1.807, 2.05) is 18.3 Å². The molecule has 0 spiro atoms. The van der Waals surface area contributed by atoms with Crippen LogP contribution in [-0.2, 0) is 0 Å². The van der Waals surface area contributed by atoms with Gasteiger partial charge in [-0.05, 0) is 49.4 Å². The van der Waals surface area contributed by atoms with Crippen molar-refractivity contribution in [2.24, 2.45) is 17.6 Å². The summed E-state index contributed by atoms with van der Waals surface area (Å²) in [6.07, 6.45) is 4.34. The third-order valence-corrected chi connectivity index (χ3v) is 4.98. The number of benzene rings is 1. The highest BCUT2D eigenvalue weighted by atomic mass is 16.5. The maximum atomic E-state index is 5.82. The normalized spacial score (nSPS) is 17.7. The number of piperidine rings is 1. The van der Waals surface area contributed by atoms with E-state index in [1.54, 1.807) is 7.11 Å². The molecule has 22 heavy (non-hydrogen) atoms. The summed E-state index contributed by atoms with van der Waals surface area (Å²) in [6.45, 7) is 5.26. The molecule has 2 aromatic rings. The molecule has 0 unspecified atom stereocenters. The third kappa shape index (κ3) is 2.88. The molecule has 1 aliphatic rings. The van der Waals surface area contributed by atoms with E-state index in [9.17, 15) is 0 Å². The topological polar surface area (TPSA) is 51.4 Å². The van der Waals surface area contributed by atoms with Gasteiger partial charge in [0.25, 0.3) is 0 Å². The molecule has 0 radical (unpaired) electrons. The van der Waals surface area contributed by atoms with Crippen LogP contribution in [0, 0.1) is 11.8 Å². The zero-order chi connectivity index (χ0) is 15.5. The lowest BCUT2D eigenvalue weighted by molar-refractivity contribution is 0.299. The van der Waals surface area contributed by atoms with Gasteiger partial charge in [-0.3, -0.25) is 4.98 Å². The molecule has 2 heterocycles. The van der Waals surface area contributed by atoms with Gasteiger partial charge in [-0.2, -0.15) is 0 Å². The van der Waals surface area contributed by atoms with Crippen LogP contribution in [0.5, 0.6) is 5.75 Å². The molecule has 0 bridgehead atoms. The van der Waals surface area contributed by atoms with Gasteiger partial charge in [-0.15, -0.1) is 0 Å². The Morgan fingerprint density at radius 2 is 2.09 bits per heavy atom. The molecule has 0 amide bonds. The average molecular weight is 299 g/mol. The van der Waals surface area contributed by atoms with Crippen molar-refractivity contribution in [3.8, 4) is 5.75 Å². The summed E-state index contributed by atoms with van der Waals surface area (Å²) in [7, 11) is 1.69. The molecule has 118 valence electrons. The SMILES string of the molecule is COc1ccc2c(N3CCC([C@H](C)CN)CC3)ccnc2c1. The summed E-state index contributed by atoms with van der Waals surface area (Å²) < 4.78 is 5.29. The first-order valence-electron chi connectivity index (χ1n) is 8.10. The average Bonchev–Trinajstić information content (AvgIpc) is 2.60. The summed E-state index contributed by atoms with van der Waals surface area (Å²) in [5.74, 6) is 2.24. The van der Waals surface area contributed by atoms with Crippen LogP contribution in [0.1, 0.15) is 19.8 Å². The van der Waals surface area contributed by atoms with Gasteiger partial charge in [-0.25, -0.2) is 0 Å². The van der Waals surface area contributed by atoms with Gasteiger partial charge in [0.15, 0.2) is 0 Å². The summed E-state index contributed by atoms with van der Waals surface area (Å²) in [6, 6.07) is 8.26. The first kappa shape index (κ1) is 15.1. The number of hydrogen-bond donors (Lipinski definition) is 1. The Morgan fingerprint density at radius 3 is 2.77 bits per heavy atom. The number of pyridine rings is 1. The van der Waals surface area contributed by atoms with E-state index in [-0.39, 0.29) is 0 Å². The molecule has 1 aromatic carbocycles. The standard InChI is InChI=1S/C18H25N3O/c1-13(12-19)14-6-9-21(10-7-14)18-5-8-20-17-11-15(22-2)3-4-16(17)18/h3-5,8,11,13-14H,6-7,9-10,12,19H2,1-2H3/t13-/m1/s1. The molecule has 1 saturated heterocycles. The van der Waals surface area contributed by atoms with Crippen molar-refractivity contribution in [1.29, 1.82) is 0 Å². The number of hydrogen-bond acceptors (Lipinski definition) is 4. The Morgan fingerprint density at radius 1 is 1.32 bits per heavy atom. The molecule has 4 nitrogen and oxygen atoms in total. The van der Waals surface area contributed by atoms with E-state index < -0.39 is 0 Å². The maximum Gasteiger partial charge on any atom is 0.121 e. The van der Waals surface area contributed by atoms with Crippen molar-refractivity contribution in [1.82, 2.24) is 4.98 Å². The van der Waals surface area contributed by atoms with Gasteiger partial charge >= 0.3 is 0 Å². The number of ether oxygens (including phenoxy) is 1. The van der Waals surface area contributed by atoms with E-state index in [2.05, 4.69) is 28.9 Å². The predicted molar refractivity (Wildman–Crippen MR) is 91.5 cm³/mol. The van der Waals surface area contributed by atoms with Gasteiger partial charge in [0.1, 0.15) is 5.75 Å². The summed E-state index contributed by atoms with van der Waals surface area (Å²) in [5.41, 5.74) is 8.10. The molecule has 4 heteroatoms. The molecule has 1 atom stereocenters. The summed E-state index contributed by atoms with van der Waals surface area (Å²) in [5, 5.41) is 1.20. The van der Waals surface area contributed by atoms with Crippen LogP contribution < -0.4 is 15.4 Å². The smallest absolute Gasteiger partial charge is 0.121 e. The Kier molecular flexibility index (Phi) is 4.48. The molecular weight excluding hydrogens is 274 g/mol. The molecule has 0 aliphatic carbocycles. The summed E-state index contributed by atoms with van der Waals surface area (Å²) >= 11 is 0. The fraction of sp³-hybridized carbons (Fsp3) is 0.500. The number of anilines is 1. The molecule has 2 N–H and O–H groups in total. The zero-order valence-corrected chi connectivity index (χ0v) is 13.5. The summed E-state index contributed by atoms with van der Waals surface area (Å²) in [4.78, 5) is 6.96. The van der Waals surface area contributed by atoms with Crippen LogP contribution in [0.25, 0.3) is 10.9 Å². The van der Waals surface area contributed by atoms with E-state index in [1.165, 1.54) is 23.9 Å². The van der Waals surface area contributed by atoms with E-state index in [0.717, 1.165) is 36.8 Å². The fourth-order valence-corrected chi connectivity index (χ4v) is 3.42. The van der Waals surface area contributed by atoms with Crippen molar-refractivity contribution in [2.45, 2.75) is 19.8 Å². The van der Waals surface area contributed by atoms with Crippen molar-refractivity contribution < 1.29 is 4.74 Å². The monoisotopic (exact) mass is 299 g/mol. The van der Waals surface area contributed by atoms with Crippen molar-refractivity contribution in [3.05, 3.63) is 30.5 Å². The molecule has 1 fully saturated rings. The van der Waals surface area contributed by atoms with Crippen LogP contribution in [-0.4, -0.2) is 31.7 Å². The Balaban J connectivity index is 1.82. The number of nitrogens with zero attached hydrogens (tertiary/aromatic N) is 2. The van der Waals surface area contributed by atoms with E-state index in [0.29, 0.717) is 5.92 Å². The molecule has 1 aliphatic heterocycles. The minimum absolute atomic E-state index is 0.626. The molecule has 1 aromatic heterocycles. The lowest BCUT2D eigenvalue weighted by Gasteiger charge is -2.36. The fourth-order valence-electron chi connectivity index (χ4n) is 3.42. The van der Waals surface area contributed by atoms with E-state index >= 15 is 0 Å². The number of methoxy groups -OCH3 is 1. The minimum Gasteiger partial charge on any atom is -0.497 e. The van der Waals surface area contributed by atoms with E-state index in [4.69, 9.17) is 10.5 Å². The second-order valence-corrected chi connectivity index (χ2v) is 6.25. The van der Waals surface area contributed by atoms with Gasteiger partial charge in [0.2, 0.25) is 0 Å².